The van der Waals surface area contributed by atoms with Crippen molar-refractivity contribution >= 4 is 11.6 Å². The van der Waals surface area contributed by atoms with Crippen molar-refractivity contribution in [2.24, 2.45) is 0 Å². The van der Waals surface area contributed by atoms with Crippen molar-refractivity contribution in [3.05, 3.63) is 41.5 Å². The van der Waals surface area contributed by atoms with Crippen molar-refractivity contribution in [1.82, 2.24) is 15.0 Å². The molecule has 128 valence electrons. The summed E-state index contributed by atoms with van der Waals surface area (Å²) < 4.78 is 10.8. The molecule has 1 aliphatic heterocycles. The number of aryl methyl sites for hydroxylation is 1. The van der Waals surface area contributed by atoms with Gasteiger partial charge < -0.3 is 19.1 Å². The van der Waals surface area contributed by atoms with Gasteiger partial charge in [0.15, 0.2) is 5.82 Å². The molecule has 0 aliphatic carbocycles. The van der Waals surface area contributed by atoms with E-state index in [1.54, 1.807) is 18.9 Å². The first-order valence-corrected chi connectivity index (χ1v) is 7.91. The maximum atomic E-state index is 13.0. The highest BCUT2D eigenvalue weighted by atomic mass is 16.5. The Balaban J connectivity index is 1.90. The summed E-state index contributed by atoms with van der Waals surface area (Å²) in [6.07, 6.45) is 0.611. The zero-order chi connectivity index (χ0) is 17.3. The molecule has 2 heterocycles. The van der Waals surface area contributed by atoms with Crippen LogP contribution in [0.2, 0.25) is 0 Å². The third-order valence-corrected chi connectivity index (χ3v) is 4.29. The molecule has 1 amide bonds. The van der Waals surface area contributed by atoms with E-state index in [-0.39, 0.29) is 18.1 Å². The van der Waals surface area contributed by atoms with Crippen molar-refractivity contribution < 1.29 is 14.1 Å². The van der Waals surface area contributed by atoms with E-state index >= 15 is 0 Å². The van der Waals surface area contributed by atoms with Gasteiger partial charge in [-0.25, -0.2) is 0 Å². The van der Waals surface area contributed by atoms with Crippen LogP contribution in [0.5, 0.6) is 0 Å². The van der Waals surface area contributed by atoms with Crippen molar-refractivity contribution in [3.8, 4) is 0 Å². The minimum atomic E-state index is -0.258. The number of hydrogen-bond acceptors (Lipinski definition) is 6. The van der Waals surface area contributed by atoms with E-state index in [4.69, 9.17) is 9.26 Å². The molecule has 0 saturated carbocycles. The molecule has 1 aromatic carbocycles. The Labute approximate surface area is 141 Å². The highest BCUT2D eigenvalue weighted by Crippen LogP contribution is 2.34. The van der Waals surface area contributed by atoms with E-state index < -0.39 is 0 Å². The molecule has 2 aromatic rings. The number of carbonyl (C=O) groups is 1. The molecule has 7 heteroatoms. The molecule has 7 nitrogen and oxygen atoms in total. The van der Waals surface area contributed by atoms with Crippen LogP contribution in [0.4, 0.5) is 5.69 Å². The van der Waals surface area contributed by atoms with Crippen molar-refractivity contribution in [2.45, 2.75) is 25.5 Å². The minimum Gasteiger partial charge on any atom is -0.380 e. The number of anilines is 1. The molecular weight excluding hydrogens is 308 g/mol. The van der Waals surface area contributed by atoms with Gasteiger partial charge in [-0.1, -0.05) is 11.2 Å². The summed E-state index contributed by atoms with van der Waals surface area (Å²) >= 11 is 0. The summed E-state index contributed by atoms with van der Waals surface area (Å²) in [5.74, 6) is 0.969. The standard InChI is InChI=1S/C17H22N4O3/c1-11-18-16(24-19-11)15-9-14(23-4)10-21(15)17(22)12-6-5-7-13(8-12)20(2)3/h5-8,14-15H,9-10H2,1-4H3/t14-,15-/m1/s1. The molecule has 0 bridgehead atoms. The highest BCUT2D eigenvalue weighted by Gasteiger charge is 2.39. The zero-order valence-corrected chi connectivity index (χ0v) is 14.4. The lowest BCUT2D eigenvalue weighted by Crippen LogP contribution is -2.32. The van der Waals surface area contributed by atoms with Crippen LogP contribution in [0.1, 0.15) is 34.5 Å². The summed E-state index contributed by atoms with van der Waals surface area (Å²) in [7, 11) is 5.55. The molecule has 0 N–H and O–H groups in total. The van der Waals surface area contributed by atoms with E-state index in [9.17, 15) is 4.79 Å². The van der Waals surface area contributed by atoms with Crippen LogP contribution < -0.4 is 4.90 Å². The molecule has 0 spiro atoms. The van der Waals surface area contributed by atoms with Gasteiger partial charge in [0, 0.05) is 45.4 Å². The maximum absolute atomic E-state index is 13.0. The minimum absolute atomic E-state index is 0.0387. The van der Waals surface area contributed by atoms with E-state index in [0.717, 1.165) is 5.69 Å². The largest absolute Gasteiger partial charge is 0.380 e. The fraction of sp³-hybridized carbons (Fsp3) is 0.471. The second-order valence-corrected chi connectivity index (χ2v) is 6.19. The van der Waals surface area contributed by atoms with Crippen molar-refractivity contribution in [3.63, 3.8) is 0 Å². The third kappa shape index (κ3) is 3.12. The number of amides is 1. The number of likely N-dealkylation sites (tertiary alicyclic amines) is 1. The van der Waals surface area contributed by atoms with Gasteiger partial charge in [-0.2, -0.15) is 4.98 Å². The fourth-order valence-electron chi connectivity index (χ4n) is 2.96. The van der Waals surface area contributed by atoms with Crippen LogP contribution in [0.25, 0.3) is 0 Å². The molecule has 3 rings (SSSR count). The first kappa shape index (κ1) is 16.4. The van der Waals surface area contributed by atoms with Gasteiger partial charge in [-0.3, -0.25) is 4.79 Å². The average molecular weight is 330 g/mol. The van der Waals surface area contributed by atoms with Gasteiger partial charge in [-0.15, -0.1) is 0 Å². The second kappa shape index (κ2) is 6.60. The normalized spacial score (nSPS) is 20.4. The van der Waals surface area contributed by atoms with E-state index in [0.29, 0.717) is 30.2 Å². The number of hydrogen-bond donors (Lipinski definition) is 0. The number of aromatic nitrogens is 2. The Hall–Kier alpha value is -2.41. The lowest BCUT2D eigenvalue weighted by molar-refractivity contribution is 0.0671. The van der Waals surface area contributed by atoms with E-state index in [1.807, 2.05) is 43.3 Å². The number of rotatable bonds is 4. The lowest BCUT2D eigenvalue weighted by Gasteiger charge is -2.22. The zero-order valence-electron chi connectivity index (χ0n) is 14.4. The second-order valence-electron chi connectivity index (χ2n) is 6.19. The Bertz CT molecular complexity index is 728. The molecule has 1 fully saturated rings. The van der Waals surface area contributed by atoms with Gasteiger partial charge in [-0.05, 0) is 25.1 Å². The average Bonchev–Trinajstić information content (AvgIpc) is 3.20. The van der Waals surface area contributed by atoms with Crippen LogP contribution >= 0.6 is 0 Å². The molecular formula is C17H22N4O3. The maximum Gasteiger partial charge on any atom is 0.254 e. The molecule has 1 saturated heterocycles. The van der Waals surface area contributed by atoms with Crippen LogP contribution in [0.3, 0.4) is 0 Å². The molecule has 1 aromatic heterocycles. The molecule has 1 aliphatic rings. The highest BCUT2D eigenvalue weighted by molar-refractivity contribution is 5.95. The Morgan fingerprint density at radius 2 is 2.21 bits per heavy atom. The lowest BCUT2D eigenvalue weighted by atomic mass is 10.1. The Kier molecular flexibility index (Phi) is 4.53. The van der Waals surface area contributed by atoms with Gasteiger partial charge in [0.1, 0.15) is 6.04 Å². The first-order chi connectivity index (χ1) is 11.5. The quantitative estimate of drug-likeness (QED) is 0.854. The number of benzene rings is 1. The smallest absolute Gasteiger partial charge is 0.254 e. The van der Waals surface area contributed by atoms with Gasteiger partial charge in [0.05, 0.1) is 6.10 Å². The van der Waals surface area contributed by atoms with E-state index in [1.165, 1.54) is 0 Å². The van der Waals surface area contributed by atoms with Crippen LogP contribution in [0, 0.1) is 6.92 Å². The van der Waals surface area contributed by atoms with Crippen LogP contribution in [0.15, 0.2) is 28.8 Å². The Morgan fingerprint density at radius 3 is 2.83 bits per heavy atom. The molecule has 0 unspecified atom stereocenters. The monoisotopic (exact) mass is 330 g/mol. The summed E-state index contributed by atoms with van der Waals surface area (Å²) in [6.45, 7) is 2.27. The fourth-order valence-corrected chi connectivity index (χ4v) is 2.96. The van der Waals surface area contributed by atoms with Crippen LogP contribution in [-0.2, 0) is 4.74 Å². The number of nitrogens with zero attached hydrogens (tertiary/aromatic N) is 4. The summed E-state index contributed by atoms with van der Waals surface area (Å²) in [5, 5.41) is 3.84. The summed E-state index contributed by atoms with van der Waals surface area (Å²) in [5.41, 5.74) is 1.62. The molecule has 24 heavy (non-hydrogen) atoms. The number of methoxy groups -OCH3 is 1. The van der Waals surface area contributed by atoms with Gasteiger partial charge in [0.25, 0.3) is 5.91 Å². The molecule has 0 radical (unpaired) electrons. The van der Waals surface area contributed by atoms with Crippen LogP contribution in [-0.4, -0.2) is 54.8 Å². The van der Waals surface area contributed by atoms with Crippen molar-refractivity contribution in [2.75, 3.05) is 32.6 Å². The number of ether oxygens (including phenoxy) is 1. The van der Waals surface area contributed by atoms with Gasteiger partial charge >= 0.3 is 0 Å². The SMILES string of the molecule is CO[C@@H]1C[C@H](c2nc(C)no2)N(C(=O)c2cccc(N(C)C)c2)C1. The third-order valence-electron chi connectivity index (χ3n) is 4.29. The number of carbonyl (C=O) groups excluding carboxylic acids is 1. The van der Waals surface area contributed by atoms with Crippen molar-refractivity contribution in [1.29, 1.82) is 0 Å². The first-order valence-electron chi connectivity index (χ1n) is 7.91. The van der Waals surface area contributed by atoms with Gasteiger partial charge in [0.2, 0.25) is 5.89 Å². The predicted molar refractivity (Wildman–Crippen MR) is 89.0 cm³/mol. The topological polar surface area (TPSA) is 71.7 Å². The summed E-state index contributed by atoms with van der Waals surface area (Å²) in [4.78, 5) is 21.1. The van der Waals surface area contributed by atoms with E-state index in [2.05, 4.69) is 10.1 Å². The molecule has 2 atom stereocenters. The Morgan fingerprint density at radius 1 is 1.42 bits per heavy atom. The summed E-state index contributed by atoms with van der Waals surface area (Å²) in [6, 6.07) is 7.31. The predicted octanol–water partition coefficient (Wildman–Crippen LogP) is 2.05.